The van der Waals surface area contributed by atoms with Crippen molar-refractivity contribution in [3.63, 3.8) is 0 Å². The highest BCUT2D eigenvalue weighted by Crippen LogP contribution is 2.42. The van der Waals surface area contributed by atoms with Crippen LogP contribution < -0.4 is 25.8 Å². The van der Waals surface area contributed by atoms with Crippen molar-refractivity contribution in [2.75, 3.05) is 21.7 Å². The van der Waals surface area contributed by atoms with E-state index < -0.39 is 87.5 Å². The van der Waals surface area contributed by atoms with Gasteiger partial charge in [0.2, 0.25) is 17.7 Å². The van der Waals surface area contributed by atoms with Crippen molar-refractivity contribution in [3.8, 4) is 27.8 Å². The first-order valence-electron chi connectivity index (χ1n) is 23.9. The van der Waals surface area contributed by atoms with Gasteiger partial charge in [0, 0.05) is 36.3 Å². The number of β-amino-alcohol motifs (C(OH)–C–C–N with tert-alkyl or cyclic N) is 1. The third-order valence-electron chi connectivity index (χ3n) is 13.2. The van der Waals surface area contributed by atoms with Gasteiger partial charge < -0.3 is 30.9 Å². The van der Waals surface area contributed by atoms with Crippen LogP contribution in [0.25, 0.3) is 21.7 Å². The number of aliphatic hydroxyl groups is 1. The predicted octanol–water partition coefficient (Wildman–Crippen LogP) is 8.73. The minimum absolute atomic E-state index is 0.0475. The molecular formula is C55H51F4N9O6S2. The Kier molecular flexibility index (Phi) is 15.3. The van der Waals surface area contributed by atoms with Gasteiger partial charge in [0.05, 0.1) is 63.5 Å². The van der Waals surface area contributed by atoms with Crippen LogP contribution in [0.1, 0.15) is 79.3 Å². The van der Waals surface area contributed by atoms with Gasteiger partial charge in [-0.1, -0.05) is 69.3 Å². The molecule has 0 spiro atoms. The van der Waals surface area contributed by atoms with Crippen molar-refractivity contribution in [2.45, 2.75) is 90.8 Å². The molecule has 3 atom stereocenters. The third kappa shape index (κ3) is 11.2. The highest BCUT2D eigenvalue weighted by atomic mass is 32.1. The molecule has 4 N–H and O–H groups in total. The Morgan fingerprint density at radius 2 is 1.58 bits per heavy atom. The van der Waals surface area contributed by atoms with Crippen LogP contribution in [0.3, 0.4) is 0 Å². The number of carbonyl (C=O) groups is 5. The lowest BCUT2D eigenvalue weighted by Gasteiger charge is -2.35. The van der Waals surface area contributed by atoms with Crippen LogP contribution in [-0.4, -0.2) is 84.9 Å². The predicted molar refractivity (Wildman–Crippen MR) is 282 cm³/mol. The molecule has 4 aromatic carbocycles. The lowest BCUT2D eigenvalue weighted by Crippen LogP contribution is -2.58. The molecule has 21 heteroatoms. The Labute approximate surface area is 444 Å². The number of pyridine rings is 1. The van der Waals surface area contributed by atoms with Crippen LogP contribution >= 0.6 is 23.6 Å². The minimum Gasteiger partial charge on any atom is -0.391 e. The molecule has 2 aliphatic heterocycles. The van der Waals surface area contributed by atoms with E-state index in [9.17, 15) is 47.5 Å². The number of likely N-dealkylation sites (tertiary alicyclic amines) is 1. The average Bonchev–Trinajstić information content (AvgIpc) is 4.07. The molecule has 2 aliphatic rings. The summed E-state index contributed by atoms with van der Waals surface area (Å²) in [6, 6.07) is 25.2. The molecule has 8 rings (SSSR count). The van der Waals surface area contributed by atoms with Gasteiger partial charge in [0.25, 0.3) is 11.8 Å². The first-order chi connectivity index (χ1) is 35.9. The summed E-state index contributed by atoms with van der Waals surface area (Å²) in [7, 11) is 0. The smallest absolute Gasteiger partial charge is 0.391 e. The van der Waals surface area contributed by atoms with Gasteiger partial charge in [-0.3, -0.25) is 33.9 Å². The van der Waals surface area contributed by atoms with Gasteiger partial charge in [0.15, 0.2) is 10.9 Å². The van der Waals surface area contributed by atoms with Crippen LogP contribution in [0.5, 0.6) is 0 Å². The van der Waals surface area contributed by atoms with Crippen molar-refractivity contribution >= 4 is 75.3 Å². The number of aromatic nitrogens is 2. The molecular weight excluding hydrogens is 1020 g/mol. The zero-order chi connectivity index (χ0) is 55.0. The maximum atomic E-state index is 15.5. The Bertz CT molecular complexity index is 3280. The van der Waals surface area contributed by atoms with Crippen LogP contribution in [-0.2, 0) is 38.3 Å². The van der Waals surface area contributed by atoms with E-state index in [2.05, 4.69) is 25.9 Å². The highest BCUT2D eigenvalue weighted by Gasteiger charge is 2.52. The molecule has 2 fully saturated rings. The van der Waals surface area contributed by atoms with Crippen molar-refractivity contribution in [1.29, 1.82) is 5.26 Å². The summed E-state index contributed by atoms with van der Waals surface area (Å²) in [6.07, 6.45) is -4.80. The summed E-state index contributed by atoms with van der Waals surface area (Å²) in [5.74, 6) is -4.40. The Hall–Kier alpha value is -7.93. The Balaban J connectivity index is 0.853. The largest absolute Gasteiger partial charge is 0.420 e. The van der Waals surface area contributed by atoms with E-state index in [1.165, 1.54) is 35.9 Å². The molecule has 2 aromatic heterocycles. The number of thiazole rings is 1. The number of benzene rings is 4. The number of alkyl halides is 3. The molecule has 392 valence electrons. The van der Waals surface area contributed by atoms with Gasteiger partial charge in [-0.15, -0.1) is 11.3 Å². The van der Waals surface area contributed by atoms with Crippen molar-refractivity contribution in [2.24, 2.45) is 5.41 Å². The number of thiocarbonyl (C=S) groups is 1. The van der Waals surface area contributed by atoms with Crippen LogP contribution in [0, 0.1) is 29.5 Å². The van der Waals surface area contributed by atoms with E-state index in [4.69, 9.17) is 12.2 Å². The molecule has 0 radical (unpaired) electrons. The molecule has 5 amide bonds. The number of aliphatic hydroxyl groups excluding tert-OH is 1. The number of aryl methyl sites for hydroxylation is 1. The second-order valence-corrected chi connectivity index (χ2v) is 21.2. The monoisotopic (exact) mass is 1070 g/mol. The van der Waals surface area contributed by atoms with Crippen molar-refractivity contribution < 1.29 is 46.6 Å². The van der Waals surface area contributed by atoms with Crippen LogP contribution in [0.4, 0.5) is 34.6 Å². The highest BCUT2D eigenvalue weighted by molar-refractivity contribution is 7.81. The van der Waals surface area contributed by atoms with Crippen molar-refractivity contribution in [3.05, 3.63) is 148 Å². The van der Waals surface area contributed by atoms with Gasteiger partial charge in [-0.25, -0.2) is 9.37 Å². The fourth-order valence-corrected chi connectivity index (χ4v) is 10.4. The molecule has 0 bridgehead atoms. The number of hydrogen-bond acceptors (Lipinski definition) is 11. The molecule has 0 aliphatic carbocycles. The van der Waals surface area contributed by atoms with Gasteiger partial charge in [0.1, 0.15) is 23.2 Å². The summed E-state index contributed by atoms with van der Waals surface area (Å²) in [6.45, 7) is 10.4. The quantitative estimate of drug-likeness (QED) is 0.0637. The summed E-state index contributed by atoms with van der Waals surface area (Å²) in [4.78, 5) is 81.4. The summed E-state index contributed by atoms with van der Waals surface area (Å²) in [5.41, 5.74) is 1.62. The number of hydrogen-bond donors (Lipinski definition) is 4. The van der Waals surface area contributed by atoms with Crippen molar-refractivity contribution in [1.82, 2.24) is 25.5 Å². The standard InChI is InChI=1S/C55H51F4N9O6S2/c1-30-46(76-29-63-30)34-11-9-32(10-12-34)26-62-49(72)42-24-39(69)28-66(42)50(73)47(53(2,3)4)65-43(70)23-31-7-13-35(14-8-31)48(71)64-37-18-15-33(16-19-37)40-21-20-38(27-61-40)68-52(75)67(51(74)54(68,5)6)41-22-17-36(25-60)44(45(41)56)55(57,58)59/h7-22,27,29,39,42,47,69H,23-24,26,28H2,1-6H3,(H,62,72)(H,64,71)(H,65,70)/t39-,42+,47-/m1/s1. The fraction of sp³-hybridized carbons (Fsp3) is 0.291. The number of carbonyl (C=O) groups excluding carboxylic acids is 5. The normalized spacial score (nSPS) is 16.8. The number of amides is 5. The zero-order valence-electron chi connectivity index (χ0n) is 42.0. The van der Waals surface area contributed by atoms with E-state index in [0.717, 1.165) is 33.8 Å². The van der Waals surface area contributed by atoms with Crippen LogP contribution in [0.2, 0.25) is 0 Å². The van der Waals surface area contributed by atoms with E-state index >= 15 is 4.39 Å². The molecule has 0 saturated carbocycles. The second kappa shape index (κ2) is 21.4. The number of rotatable bonds is 13. The summed E-state index contributed by atoms with van der Waals surface area (Å²) < 4.78 is 56.9. The number of nitrogens with zero attached hydrogens (tertiary/aromatic N) is 6. The van der Waals surface area contributed by atoms with Gasteiger partial charge in [-0.2, -0.15) is 18.4 Å². The Morgan fingerprint density at radius 1 is 0.921 bits per heavy atom. The first-order valence-corrected chi connectivity index (χ1v) is 25.2. The van der Waals surface area contributed by atoms with Crippen LogP contribution in [0.15, 0.2) is 109 Å². The van der Waals surface area contributed by atoms with E-state index in [-0.39, 0.29) is 31.0 Å². The lowest BCUT2D eigenvalue weighted by molar-refractivity contribution is -0.144. The molecule has 15 nitrogen and oxygen atoms in total. The first kappa shape index (κ1) is 54.3. The third-order valence-corrected chi connectivity index (χ3v) is 14.5. The molecule has 0 unspecified atom stereocenters. The van der Waals surface area contributed by atoms with Gasteiger partial charge in [-0.05, 0) is 104 Å². The topological polar surface area (TPSA) is 201 Å². The molecule has 6 aromatic rings. The molecule has 2 saturated heterocycles. The average molecular weight is 1070 g/mol. The SMILES string of the molecule is Cc1ncsc1-c1ccc(CNC(=O)[C@@H]2C[C@@H](O)CN2C(=O)[C@@H](NC(=O)Cc2ccc(C(=O)Nc3ccc(-c4ccc(N5C(=S)N(c6ccc(C#N)c(C(F)(F)F)c6F)C(=O)C5(C)C)cn4)cc3)cc2)C(C)(C)C)cc1. The second-order valence-electron chi connectivity index (χ2n) is 20.0. The van der Waals surface area contributed by atoms with E-state index in [0.29, 0.717) is 38.7 Å². The fourth-order valence-electron chi connectivity index (χ4n) is 9.12. The number of halogens is 4. The van der Waals surface area contributed by atoms with Gasteiger partial charge >= 0.3 is 6.18 Å². The molecule has 76 heavy (non-hydrogen) atoms. The zero-order valence-corrected chi connectivity index (χ0v) is 43.6. The maximum Gasteiger partial charge on any atom is 0.420 e. The molecule has 4 heterocycles. The number of nitriles is 1. The minimum atomic E-state index is -5.22. The summed E-state index contributed by atoms with van der Waals surface area (Å²) >= 11 is 7.09. The lowest BCUT2D eigenvalue weighted by atomic mass is 9.85. The van der Waals surface area contributed by atoms with E-state index in [1.807, 2.05) is 31.2 Å². The summed E-state index contributed by atoms with van der Waals surface area (Å²) in [5, 5.41) is 28.1. The van der Waals surface area contributed by atoms with E-state index in [1.54, 1.807) is 98.3 Å². The number of nitrogens with one attached hydrogen (secondary N) is 3. The Morgan fingerprint density at radius 3 is 2.17 bits per heavy atom. The number of anilines is 3. The maximum absolute atomic E-state index is 15.5.